The van der Waals surface area contributed by atoms with E-state index in [2.05, 4.69) is 15.2 Å². The largest absolute Gasteiger partial charge is 0.487 e. The molecule has 176 valence electrons. The van der Waals surface area contributed by atoms with Gasteiger partial charge in [-0.05, 0) is 49.7 Å². The topological polar surface area (TPSA) is 64.2 Å². The van der Waals surface area contributed by atoms with Crippen molar-refractivity contribution in [2.24, 2.45) is 10.1 Å². The van der Waals surface area contributed by atoms with Crippen molar-refractivity contribution in [1.82, 2.24) is 14.7 Å². The summed E-state index contributed by atoms with van der Waals surface area (Å²) >= 11 is 0. The normalized spacial score (nSPS) is 12.5. The number of fused-ring (bicyclic) bond motifs is 1. The Morgan fingerprint density at radius 2 is 2.03 bits per heavy atom. The first kappa shape index (κ1) is 24.1. The molecule has 10 heteroatoms. The molecule has 0 aliphatic carbocycles. The van der Waals surface area contributed by atoms with Gasteiger partial charge in [-0.3, -0.25) is 4.68 Å². The van der Waals surface area contributed by atoms with Crippen LogP contribution in [-0.4, -0.2) is 54.0 Å². The van der Waals surface area contributed by atoms with Gasteiger partial charge in [-0.25, -0.2) is 4.99 Å². The molecule has 1 heterocycles. The van der Waals surface area contributed by atoms with Crippen LogP contribution in [0, 0.1) is 6.92 Å². The SMILES string of the molecule is CCN(C)C=Nc1cc2cnn(CC(COc3cccc(C(F)(F)F)c3)=NOC)c2cc1C. The highest BCUT2D eigenvalue weighted by Gasteiger charge is 2.30. The molecule has 0 saturated heterocycles. The number of aryl methyl sites for hydroxylation is 1. The van der Waals surface area contributed by atoms with Gasteiger partial charge in [0.25, 0.3) is 0 Å². The lowest BCUT2D eigenvalue weighted by Crippen LogP contribution is -2.19. The number of oxime groups is 1. The predicted octanol–water partition coefficient (Wildman–Crippen LogP) is 5.06. The Bertz CT molecular complexity index is 1150. The third-order valence-electron chi connectivity index (χ3n) is 4.97. The number of hydrogen-bond acceptors (Lipinski definition) is 5. The first-order chi connectivity index (χ1) is 15.7. The van der Waals surface area contributed by atoms with Gasteiger partial charge in [0.05, 0.1) is 35.8 Å². The van der Waals surface area contributed by atoms with Crippen LogP contribution in [0.3, 0.4) is 0 Å². The maximum Gasteiger partial charge on any atom is 0.416 e. The van der Waals surface area contributed by atoms with Gasteiger partial charge in [-0.2, -0.15) is 18.3 Å². The van der Waals surface area contributed by atoms with Crippen molar-refractivity contribution in [1.29, 1.82) is 0 Å². The van der Waals surface area contributed by atoms with E-state index < -0.39 is 11.7 Å². The fraction of sp³-hybridized carbons (Fsp3) is 0.348. The lowest BCUT2D eigenvalue weighted by molar-refractivity contribution is -0.137. The molecule has 0 aliphatic heterocycles. The Hall–Kier alpha value is -3.56. The van der Waals surface area contributed by atoms with Crippen LogP contribution < -0.4 is 4.74 Å². The minimum Gasteiger partial charge on any atom is -0.487 e. The number of nitrogens with zero attached hydrogens (tertiary/aromatic N) is 5. The van der Waals surface area contributed by atoms with Gasteiger partial charge in [-0.15, -0.1) is 0 Å². The van der Waals surface area contributed by atoms with E-state index in [1.165, 1.54) is 19.2 Å². The summed E-state index contributed by atoms with van der Waals surface area (Å²) in [6.07, 6.45) is -0.925. The molecule has 33 heavy (non-hydrogen) atoms. The van der Waals surface area contributed by atoms with Crippen LogP contribution in [0.5, 0.6) is 5.75 Å². The molecular weight excluding hydrogens is 435 g/mol. The Balaban J connectivity index is 1.77. The highest BCUT2D eigenvalue weighted by molar-refractivity contribution is 5.89. The molecule has 0 aliphatic rings. The van der Waals surface area contributed by atoms with E-state index in [0.717, 1.165) is 40.8 Å². The van der Waals surface area contributed by atoms with E-state index in [-0.39, 0.29) is 18.9 Å². The van der Waals surface area contributed by atoms with Gasteiger partial charge in [0.15, 0.2) is 0 Å². The van der Waals surface area contributed by atoms with Crippen molar-refractivity contribution in [3.63, 3.8) is 0 Å². The van der Waals surface area contributed by atoms with Crippen LogP contribution in [0.2, 0.25) is 0 Å². The zero-order chi connectivity index (χ0) is 24.0. The molecule has 0 unspecified atom stereocenters. The number of aliphatic imine (C=N–C) groups is 1. The summed E-state index contributed by atoms with van der Waals surface area (Å²) in [6.45, 7) is 5.06. The first-order valence-electron chi connectivity index (χ1n) is 10.3. The molecule has 0 amide bonds. The number of aromatic nitrogens is 2. The van der Waals surface area contributed by atoms with Crippen molar-refractivity contribution >= 4 is 28.6 Å². The van der Waals surface area contributed by atoms with Crippen molar-refractivity contribution < 1.29 is 22.7 Å². The minimum absolute atomic E-state index is 0.0543. The molecule has 3 aromatic rings. The smallest absolute Gasteiger partial charge is 0.416 e. The van der Waals surface area contributed by atoms with Crippen LogP contribution in [-0.2, 0) is 17.6 Å². The maximum atomic E-state index is 12.9. The second-order valence-electron chi connectivity index (χ2n) is 7.47. The lowest BCUT2D eigenvalue weighted by atomic mass is 10.1. The molecule has 0 N–H and O–H groups in total. The van der Waals surface area contributed by atoms with Crippen molar-refractivity contribution in [3.05, 3.63) is 53.7 Å². The maximum absolute atomic E-state index is 12.9. The average Bonchev–Trinajstić information content (AvgIpc) is 3.16. The van der Waals surface area contributed by atoms with Crippen LogP contribution in [0.25, 0.3) is 10.9 Å². The highest BCUT2D eigenvalue weighted by atomic mass is 19.4. The number of halogens is 3. The highest BCUT2D eigenvalue weighted by Crippen LogP contribution is 2.31. The molecule has 0 saturated carbocycles. The summed E-state index contributed by atoms with van der Waals surface area (Å²) < 4.78 is 46.1. The third kappa shape index (κ3) is 6.24. The van der Waals surface area contributed by atoms with Gasteiger partial charge in [0, 0.05) is 19.0 Å². The molecule has 3 rings (SSSR count). The summed E-state index contributed by atoms with van der Waals surface area (Å²) in [7, 11) is 3.35. The number of hydrogen-bond donors (Lipinski definition) is 0. The van der Waals surface area contributed by atoms with Gasteiger partial charge >= 0.3 is 6.18 Å². The molecule has 1 aromatic heterocycles. The predicted molar refractivity (Wildman–Crippen MR) is 122 cm³/mol. The summed E-state index contributed by atoms with van der Waals surface area (Å²) in [6, 6.07) is 8.65. The average molecular weight is 461 g/mol. The summed E-state index contributed by atoms with van der Waals surface area (Å²) in [5.41, 5.74) is 2.39. The molecule has 7 nitrogen and oxygen atoms in total. The number of alkyl halides is 3. The Morgan fingerprint density at radius 1 is 1.24 bits per heavy atom. The third-order valence-corrected chi connectivity index (χ3v) is 4.97. The second-order valence-corrected chi connectivity index (χ2v) is 7.47. The van der Waals surface area contributed by atoms with Crippen LogP contribution in [0.1, 0.15) is 18.1 Å². The van der Waals surface area contributed by atoms with E-state index in [9.17, 15) is 13.2 Å². The Morgan fingerprint density at radius 3 is 2.73 bits per heavy atom. The van der Waals surface area contributed by atoms with E-state index in [1.54, 1.807) is 17.2 Å². The van der Waals surface area contributed by atoms with Crippen LogP contribution in [0.4, 0.5) is 18.9 Å². The van der Waals surface area contributed by atoms with E-state index in [4.69, 9.17) is 9.57 Å². The fourth-order valence-corrected chi connectivity index (χ4v) is 3.06. The number of ether oxygens (including phenoxy) is 1. The van der Waals surface area contributed by atoms with Gasteiger partial charge in [-0.1, -0.05) is 11.2 Å². The quantitative estimate of drug-likeness (QED) is 0.254. The Labute approximate surface area is 190 Å². The number of rotatable bonds is 9. The zero-order valence-corrected chi connectivity index (χ0v) is 18.9. The van der Waals surface area contributed by atoms with E-state index in [0.29, 0.717) is 5.71 Å². The summed E-state index contributed by atoms with van der Waals surface area (Å²) in [4.78, 5) is 11.4. The van der Waals surface area contributed by atoms with Crippen molar-refractivity contribution in [2.75, 3.05) is 27.3 Å². The number of benzene rings is 2. The van der Waals surface area contributed by atoms with E-state index >= 15 is 0 Å². The van der Waals surface area contributed by atoms with Gasteiger partial charge < -0.3 is 14.5 Å². The van der Waals surface area contributed by atoms with Crippen molar-refractivity contribution in [3.8, 4) is 5.75 Å². The van der Waals surface area contributed by atoms with Crippen LogP contribution in [0.15, 0.2) is 52.7 Å². The van der Waals surface area contributed by atoms with Crippen LogP contribution >= 0.6 is 0 Å². The van der Waals surface area contributed by atoms with E-state index in [1.807, 2.05) is 37.9 Å². The monoisotopic (exact) mass is 461 g/mol. The Kier molecular flexibility index (Phi) is 7.57. The standard InChI is InChI=1S/C23H26F3N5O2/c1-5-30(3)15-27-21-10-17-12-28-31(22(17)9-16(21)2)13-19(29-32-4)14-33-20-8-6-7-18(11-20)23(24,25)26/h6-12,15H,5,13-14H2,1-4H3. The van der Waals surface area contributed by atoms with Gasteiger partial charge in [0.1, 0.15) is 25.2 Å². The molecule has 0 fully saturated rings. The molecule has 0 bridgehead atoms. The minimum atomic E-state index is -4.44. The molecular formula is C23H26F3N5O2. The summed E-state index contributed by atoms with van der Waals surface area (Å²) in [5, 5.41) is 9.30. The fourth-order valence-electron chi connectivity index (χ4n) is 3.06. The molecule has 2 aromatic carbocycles. The van der Waals surface area contributed by atoms with Crippen molar-refractivity contribution in [2.45, 2.75) is 26.6 Å². The second kappa shape index (κ2) is 10.4. The lowest BCUT2D eigenvalue weighted by Gasteiger charge is -2.12. The molecule has 0 spiro atoms. The van der Waals surface area contributed by atoms with Gasteiger partial charge in [0.2, 0.25) is 0 Å². The zero-order valence-electron chi connectivity index (χ0n) is 18.9. The molecule has 0 atom stereocenters. The molecule has 0 radical (unpaired) electrons. The summed E-state index contributed by atoms with van der Waals surface area (Å²) in [5.74, 6) is 0.0920. The first-order valence-corrected chi connectivity index (χ1v) is 10.3.